The highest BCUT2D eigenvalue weighted by atomic mass is 32.2. The first-order valence-electron chi connectivity index (χ1n) is 7.82. The quantitative estimate of drug-likeness (QED) is 0.699. The van der Waals surface area contributed by atoms with Crippen molar-refractivity contribution in [1.82, 2.24) is 4.57 Å². The molecule has 0 saturated carbocycles. The number of nitrogens with two attached hydrogens (primary N) is 1. The van der Waals surface area contributed by atoms with E-state index in [2.05, 4.69) is 0 Å². The molecule has 2 N–H and O–H groups in total. The molecule has 3 aromatic rings. The van der Waals surface area contributed by atoms with E-state index in [1.165, 1.54) is 18.3 Å². The summed E-state index contributed by atoms with van der Waals surface area (Å²) < 4.78 is 39.0. The number of carbonyl (C=O) groups is 1. The maximum Gasteiger partial charge on any atom is 0.238 e. The third kappa shape index (κ3) is 3.58. The zero-order valence-corrected chi connectivity index (χ0v) is 14.8. The zero-order chi connectivity index (χ0) is 18.9. The fraction of sp³-hybridized carbons (Fsp3) is 0.105. The smallest absolute Gasteiger partial charge is 0.238 e. The molecule has 134 valence electrons. The van der Waals surface area contributed by atoms with Gasteiger partial charge < -0.3 is 4.57 Å². The highest BCUT2D eigenvalue weighted by Crippen LogP contribution is 2.22. The first kappa shape index (κ1) is 18.0. The summed E-state index contributed by atoms with van der Waals surface area (Å²) in [5, 5.41) is 5.07. The number of hydrogen-bond acceptors (Lipinski definition) is 3. The van der Waals surface area contributed by atoms with Gasteiger partial charge >= 0.3 is 0 Å². The molecular weight excluding hydrogens is 355 g/mol. The Morgan fingerprint density at radius 1 is 1.08 bits per heavy atom. The molecular formula is C19H17FN2O3S. The lowest BCUT2D eigenvalue weighted by Gasteiger charge is -2.05. The molecule has 7 heteroatoms. The second-order valence-corrected chi connectivity index (χ2v) is 7.54. The Hall–Kier alpha value is -2.77. The highest BCUT2D eigenvalue weighted by Gasteiger charge is 2.21. The molecule has 2 aromatic carbocycles. The lowest BCUT2D eigenvalue weighted by atomic mass is 10.0. The molecule has 26 heavy (non-hydrogen) atoms. The molecule has 0 aliphatic carbocycles. The number of aromatic nitrogens is 1. The van der Waals surface area contributed by atoms with E-state index in [9.17, 15) is 17.6 Å². The molecule has 0 bridgehead atoms. The first-order chi connectivity index (χ1) is 12.3. The Morgan fingerprint density at radius 2 is 1.69 bits per heavy atom. The van der Waals surface area contributed by atoms with Crippen LogP contribution in [0.5, 0.6) is 0 Å². The standard InChI is InChI=1S/C19H17FN2O3S/c1-22-12-16(19(23)14-5-3-2-4-6-14)18(20)17(22)11-13-7-9-15(10-8-13)26(21,24)25/h2-10,12H,11H2,1H3,(H2,21,24,25). The lowest BCUT2D eigenvalue weighted by Crippen LogP contribution is -2.12. The number of benzene rings is 2. The zero-order valence-electron chi connectivity index (χ0n) is 14.0. The molecule has 0 spiro atoms. The molecule has 0 saturated heterocycles. The molecule has 0 unspecified atom stereocenters. The fourth-order valence-corrected chi connectivity index (χ4v) is 3.25. The SMILES string of the molecule is Cn1cc(C(=O)c2ccccc2)c(F)c1Cc1ccc(S(N)(=O)=O)cc1. The third-order valence-corrected chi connectivity index (χ3v) is 5.07. The minimum atomic E-state index is -3.77. The van der Waals surface area contributed by atoms with Crippen LogP contribution in [-0.4, -0.2) is 18.8 Å². The van der Waals surface area contributed by atoms with Crippen molar-refractivity contribution in [2.24, 2.45) is 12.2 Å². The van der Waals surface area contributed by atoms with Gasteiger partial charge in [0.25, 0.3) is 0 Å². The predicted molar refractivity (Wildman–Crippen MR) is 95.9 cm³/mol. The van der Waals surface area contributed by atoms with Gasteiger partial charge in [0, 0.05) is 25.2 Å². The molecule has 1 aromatic heterocycles. The van der Waals surface area contributed by atoms with Crippen LogP contribution in [0.3, 0.4) is 0 Å². The number of halogens is 1. The molecule has 0 amide bonds. The topological polar surface area (TPSA) is 82.2 Å². The number of sulfonamides is 1. The summed E-state index contributed by atoms with van der Waals surface area (Å²) in [4.78, 5) is 12.5. The third-order valence-electron chi connectivity index (χ3n) is 4.14. The summed E-state index contributed by atoms with van der Waals surface area (Å²) in [5.41, 5.74) is 1.47. The number of aryl methyl sites for hydroxylation is 1. The van der Waals surface area contributed by atoms with E-state index >= 15 is 0 Å². The molecule has 0 radical (unpaired) electrons. The summed E-state index contributed by atoms with van der Waals surface area (Å²) in [6.07, 6.45) is 1.69. The number of carbonyl (C=O) groups excluding carboxylic acids is 1. The van der Waals surface area contributed by atoms with E-state index in [0.29, 0.717) is 16.8 Å². The van der Waals surface area contributed by atoms with E-state index in [1.54, 1.807) is 54.1 Å². The van der Waals surface area contributed by atoms with Crippen molar-refractivity contribution in [3.05, 3.63) is 89.0 Å². The van der Waals surface area contributed by atoms with Gasteiger partial charge in [-0.3, -0.25) is 4.79 Å². The Morgan fingerprint density at radius 3 is 2.27 bits per heavy atom. The first-order valence-corrected chi connectivity index (χ1v) is 9.37. The fourth-order valence-electron chi connectivity index (χ4n) is 2.73. The van der Waals surface area contributed by atoms with Crippen molar-refractivity contribution in [1.29, 1.82) is 0 Å². The van der Waals surface area contributed by atoms with Crippen LogP contribution in [0.15, 0.2) is 65.7 Å². The Bertz CT molecular complexity index is 1060. The maximum absolute atomic E-state index is 14.8. The maximum atomic E-state index is 14.8. The van der Waals surface area contributed by atoms with Crippen molar-refractivity contribution >= 4 is 15.8 Å². The van der Waals surface area contributed by atoms with Gasteiger partial charge in [0.1, 0.15) is 0 Å². The summed E-state index contributed by atoms with van der Waals surface area (Å²) >= 11 is 0. The van der Waals surface area contributed by atoms with Gasteiger partial charge in [-0.05, 0) is 17.7 Å². The van der Waals surface area contributed by atoms with Crippen LogP contribution < -0.4 is 5.14 Å². The van der Waals surface area contributed by atoms with Crippen LogP contribution in [0, 0.1) is 5.82 Å². The van der Waals surface area contributed by atoms with Gasteiger partial charge in [0.15, 0.2) is 11.6 Å². The van der Waals surface area contributed by atoms with Crippen LogP contribution in [0.2, 0.25) is 0 Å². The minimum Gasteiger partial charge on any atom is -0.351 e. The van der Waals surface area contributed by atoms with Crippen LogP contribution in [-0.2, 0) is 23.5 Å². The Labute approximate surface area is 150 Å². The monoisotopic (exact) mass is 372 g/mol. The summed E-state index contributed by atoms with van der Waals surface area (Å²) in [7, 11) is -2.10. The molecule has 3 rings (SSSR count). The largest absolute Gasteiger partial charge is 0.351 e. The van der Waals surface area contributed by atoms with Gasteiger partial charge in [-0.15, -0.1) is 0 Å². The molecule has 0 fully saturated rings. The van der Waals surface area contributed by atoms with Gasteiger partial charge in [-0.2, -0.15) is 0 Å². The van der Waals surface area contributed by atoms with Gasteiger partial charge in [-0.25, -0.2) is 17.9 Å². The summed E-state index contributed by atoms with van der Waals surface area (Å²) in [5.74, 6) is -0.952. The van der Waals surface area contributed by atoms with Gasteiger partial charge in [0.2, 0.25) is 10.0 Å². The van der Waals surface area contributed by atoms with Crippen LogP contribution in [0.1, 0.15) is 27.2 Å². The minimum absolute atomic E-state index is 0.00597. The van der Waals surface area contributed by atoms with Crippen molar-refractivity contribution in [2.45, 2.75) is 11.3 Å². The van der Waals surface area contributed by atoms with Crippen LogP contribution >= 0.6 is 0 Å². The van der Waals surface area contributed by atoms with Crippen LogP contribution in [0.25, 0.3) is 0 Å². The summed E-state index contributed by atoms with van der Waals surface area (Å²) in [6, 6.07) is 14.4. The number of rotatable bonds is 5. The number of primary sulfonamides is 1. The lowest BCUT2D eigenvalue weighted by molar-refractivity contribution is 0.103. The van der Waals surface area contributed by atoms with E-state index < -0.39 is 15.8 Å². The second kappa shape index (κ2) is 6.86. The molecule has 0 aliphatic heterocycles. The Balaban J connectivity index is 1.90. The molecule has 0 atom stereocenters. The van der Waals surface area contributed by atoms with Crippen molar-refractivity contribution in [2.75, 3.05) is 0 Å². The van der Waals surface area contributed by atoms with Crippen molar-refractivity contribution in [3.63, 3.8) is 0 Å². The average molecular weight is 372 g/mol. The van der Waals surface area contributed by atoms with Crippen molar-refractivity contribution < 1.29 is 17.6 Å². The van der Waals surface area contributed by atoms with E-state index in [0.717, 1.165) is 0 Å². The predicted octanol–water partition coefficient (Wildman–Crippen LogP) is 2.63. The van der Waals surface area contributed by atoms with Gasteiger partial charge in [0.05, 0.1) is 16.2 Å². The number of nitrogens with zero attached hydrogens (tertiary/aromatic N) is 1. The number of hydrogen-bond donors (Lipinski definition) is 1. The second-order valence-electron chi connectivity index (χ2n) is 5.98. The normalized spacial score (nSPS) is 11.5. The molecule has 5 nitrogen and oxygen atoms in total. The highest BCUT2D eigenvalue weighted by molar-refractivity contribution is 7.89. The number of ketones is 1. The van der Waals surface area contributed by atoms with Crippen molar-refractivity contribution in [3.8, 4) is 0 Å². The average Bonchev–Trinajstić information content (AvgIpc) is 2.90. The Kier molecular flexibility index (Phi) is 4.76. The van der Waals surface area contributed by atoms with Gasteiger partial charge in [-0.1, -0.05) is 42.5 Å². The van der Waals surface area contributed by atoms with E-state index in [4.69, 9.17) is 5.14 Å². The van der Waals surface area contributed by atoms with E-state index in [-0.39, 0.29) is 22.7 Å². The molecule has 0 aliphatic rings. The van der Waals surface area contributed by atoms with E-state index in [1.807, 2.05) is 0 Å². The summed E-state index contributed by atoms with van der Waals surface area (Å²) in [6.45, 7) is 0. The van der Waals surface area contributed by atoms with Crippen LogP contribution in [0.4, 0.5) is 4.39 Å². The molecule has 1 heterocycles.